The largest absolute Gasteiger partial charge is 0.481 e. The van der Waals surface area contributed by atoms with E-state index in [0.717, 1.165) is 19.3 Å². The minimum Gasteiger partial charge on any atom is -0.481 e. The highest BCUT2D eigenvalue weighted by Gasteiger charge is 2.04. The van der Waals surface area contributed by atoms with Crippen molar-refractivity contribution in [3.8, 4) is 0 Å². The fourth-order valence-corrected chi connectivity index (χ4v) is 1.13. The Morgan fingerprint density at radius 1 is 1.38 bits per heavy atom. The summed E-state index contributed by atoms with van der Waals surface area (Å²) in [6.07, 6.45) is 5.36. The molecule has 2 N–H and O–H groups in total. The third-order valence-corrected chi connectivity index (χ3v) is 1.87. The smallest absolute Gasteiger partial charge is 0.303 e. The van der Waals surface area contributed by atoms with Gasteiger partial charge in [0, 0.05) is 6.42 Å². The van der Waals surface area contributed by atoms with Gasteiger partial charge < -0.3 is 10.2 Å². The van der Waals surface area contributed by atoms with Crippen molar-refractivity contribution in [1.82, 2.24) is 0 Å². The minimum absolute atomic E-state index is 0.151. The molecule has 0 aromatic rings. The van der Waals surface area contributed by atoms with Crippen LogP contribution in [0.1, 0.15) is 38.5 Å². The maximum absolute atomic E-state index is 10.1. The molecule has 0 aliphatic heterocycles. The van der Waals surface area contributed by atoms with E-state index in [4.69, 9.17) is 5.11 Å². The van der Waals surface area contributed by atoms with Gasteiger partial charge in [0.25, 0.3) is 0 Å². The van der Waals surface area contributed by atoms with Crippen LogP contribution in [0.2, 0.25) is 0 Å². The Bertz CT molecular complexity index is 154. The molecule has 1 atom stereocenters. The molecule has 0 bridgehead atoms. The number of carboxylic acids is 1. The molecule has 0 heterocycles. The van der Waals surface area contributed by atoms with Gasteiger partial charge in [-0.05, 0) is 32.1 Å². The highest BCUT2D eigenvalue weighted by atomic mass is 16.4. The van der Waals surface area contributed by atoms with Gasteiger partial charge in [-0.25, -0.2) is 0 Å². The number of unbranched alkanes of at least 4 members (excludes halogenated alkanes) is 1. The molecule has 0 aromatic carbocycles. The second-order valence-electron chi connectivity index (χ2n) is 3.16. The fourth-order valence-electron chi connectivity index (χ4n) is 1.13. The maximum Gasteiger partial charge on any atom is 0.303 e. The van der Waals surface area contributed by atoms with Crippen molar-refractivity contribution < 1.29 is 15.0 Å². The number of rotatable bonds is 8. The van der Waals surface area contributed by atoms with Gasteiger partial charge in [0.2, 0.25) is 0 Å². The van der Waals surface area contributed by atoms with E-state index in [1.54, 1.807) is 0 Å². The Balaban J connectivity index is 3.24. The summed E-state index contributed by atoms with van der Waals surface area (Å²) in [5.74, 6) is -0.793. The Labute approximate surface area is 79.1 Å². The lowest BCUT2D eigenvalue weighted by molar-refractivity contribution is -0.137. The van der Waals surface area contributed by atoms with Gasteiger partial charge in [0.15, 0.2) is 0 Å². The lowest BCUT2D eigenvalue weighted by Crippen LogP contribution is -2.07. The maximum atomic E-state index is 10.1. The highest BCUT2D eigenvalue weighted by Crippen LogP contribution is 2.08. The molecule has 3 heteroatoms. The molecule has 13 heavy (non-hydrogen) atoms. The SMILES string of the molecule is C=CCCC[C@H](O)CCCC(=O)O. The minimum atomic E-state index is -0.793. The van der Waals surface area contributed by atoms with E-state index in [1.807, 2.05) is 6.08 Å². The Morgan fingerprint density at radius 2 is 2.00 bits per heavy atom. The number of hydrogen-bond donors (Lipinski definition) is 2. The highest BCUT2D eigenvalue weighted by molar-refractivity contribution is 5.66. The molecule has 0 rings (SSSR count). The first-order valence-corrected chi connectivity index (χ1v) is 4.67. The molecular formula is C10H18O3. The van der Waals surface area contributed by atoms with Gasteiger partial charge in [0.1, 0.15) is 0 Å². The lowest BCUT2D eigenvalue weighted by Gasteiger charge is -2.07. The third kappa shape index (κ3) is 9.08. The molecule has 0 amide bonds. The van der Waals surface area contributed by atoms with Crippen LogP contribution in [-0.2, 0) is 4.79 Å². The van der Waals surface area contributed by atoms with Crippen LogP contribution in [0.3, 0.4) is 0 Å². The van der Waals surface area contributed by atoms with Gasteiger partial charge in [-0.1, -0.05) is 6.08 Å². The topological polar surface area (TPSA) is 57.5 Å². The molecule has 0 aromatic heterocycles. The normalized spacial score (nSPS) is 12.4. The molecule has 0 aliphatic carbocycles. The van der Waals surface area contributed by atoms with Gasteiger partial charge in [-0.15, -0.1) is 6.58 Å². The van der Waals surface area contributed by atoms with Crippen LogP contribution in [0, 0.1) is 0 Å². The third-order valence-electron chi connectivity index (χ3n) is 1.87. The Kier molecular flexibility index (Phi) is 7.30. The average molecular weight is 186 g/mol. The van der Waals surface area contributed by atoms with Crippen molar-refractivity contribution >= 4 is 5.97 Å². The predicted octanol–water partition coefficient (Wildman–Crippen LogP) is 1.96. The zero-order valence-electron chi connectivity index (χ0n) is 7.91. The Morgan fingerprint density at radius 3 is 2.54 bits per heavy atom. The van der Waals surface area contributed by atoms with Crippen molar-refractivity contribution in [2.24, 2.45) is 0 Å². The predicted molar refractivity (Wildman–Crippen MR) is 51.5 cm³/mol. The van der Waals surface area contributed by atoms with E-state index >= 15 is 0 Å². The first-order chi connectivity index (χ1) is 6.16. The molecule has 0 saturated carbocycles. The summed E-state index contributed by atoms with van der Waals surface area (Å²) in [5.41, 5.74) is 0. The van der Waals surface area contributed by atoms with Crippen LogP contribution in [0.15, 0.2) is 12.7 Å². The molecule has 0 unspecified atom stereocenters. The van der Waals surface area contributed by atoms with E-state index in [1.165, 1.54) is 0 Å². The van der Waals surface area contributed by atoms with Crippen LogP contribution in [0.25, 0.3) is 0 Å². The van der Waals surface area contributed by atoms with Crippen LogP contribution in [0.4, 0.5) is 0 Å². The zero-order chi connectivity index (χ0) is 10.1. The van der Waals surface area contributed by atoms with E-state index < -0.39 is 5.97 Å². The number of aliphatic carboxylic acids is 1. The van der Waals surface area contributed by atoms with Crippen molar-refractivity contribution in [2.45, 2.75) is 44.6 Å². The average Bonchev–Trinajstić information content (AvgIpc) is 2.04. The summed E-state index contributed by atoms with van der Waals surface area (Å²) >= 11 is 0. The number of carbonyl (C=O) groups is 1. The molecule has 0 fully saturated rings. The summed E-state index contributed by atoms with van der Waals surface area (Å²) in [5, 5.41) is 17.7. The first kappa shape index (κ1) is 12.2. The van der Waals surface area contributed by atoms with Crippen molar-refractivity contribution in [2.75, 3.05) is 0 Å². The van der Waals surface area contributed by atoms with Gasteiger partial charge in [-0.3, -0.25) is 4.79 Å². The molecule has 0 aliphatic rings. The molecular weight excluding hydrogens is 168 g/mol. The molecule has 0 spiro atoms. The fraction of sp³-hybridized carbons (Fsp3) is 0.700. The zero-order valence-corrected chi connectivity index (χ0v) is 7.91. The van der Waals surface area contributed by atoms with Crippen molar-refractivity contribution in [1.29, 1.82) is 0 Å². The second kappa shape index (κ2) is 7.80. The summed E-state index contributed by atoms with van der Waals surface area (Å²) in [6, 6.07) is 0. The van der Waals surface area contributed by atoms with Crippen LogP contribution >= 0.6 is 0 Å². The van der Waals surface area contributed by atoms with E-state index in [0.29, 0.717) is 12.8 Å². The van der Waals surface area contributed by atoms with Gasteiger partial charge in [-0.2, -0.15) is 0 Å². The molecule has 0 radical (unpaired) electrons. The molecule has 76 valence electrons. The van der Waals surface area contributed by atoms with Crippen molar-refractivity contribution in [3.05, 3.63) is 12.7 Å². The number of carboxylic acid groups (broad SMARTS) is 1. The summed E-state index contributed by atoms with van der Waals surface area (Å²) < 4.78 is 0. The van der Waals surface area contributed by atoms with Gasteiger partial charge >= 0.3 is 5.97 Å². The monoisotopic (exact) mass is 186 g/mol. The number of aliphatic hydroxyl groups is 1. The number of allylic oxidation sites excluding steroid dienone is 1. The molecule has 0 saturated heterocycles. The van der Waals surface area contributed by atoms with Crippen LogP contribution < -0.4 is 0 Å². The Hall–Kier alpha value is -0.830. The quantitative estimate of drug-likeness (QED) is 0.450. The second-order valence-corrected chi connectivity index (χ2v) is 3.16. The van der Waals surface area contributed by atoms with Crippen molar-refractivity contribution in [3.63, 3.8) is 0 Å². The standard InChI is InChI=1S/C10H18O3/c1-2-3-4-6-9(11)7-5-8-10(12)13/h2,9,11H,1,3-8H2,(H,12,13)/t9-/m0/s1. The van der Waals surface area contributed by atoms with E-state index in [-0.39, 0.29) is 12.5 Å². The summed E-state index contributed by atoms with van der Waals surface area (Å²) in [7, 11) is 0. The first-order valence-electron chi connectivity index (χ1n) is 4.67. The molecule has 3 nitrogen and oxygen atoms in total. The lowest BCUT2D eigenvalue weighted by atomic mass is 10.1. The summed E-state index contributed by atoms with van der Waals surface area (Å²) in [6.45, 7) is 3.58. The number of aliphatic hydroxyl groups excluding tert-OH is 1. The van der Waals surface area contributed by atoms with E-state index in [9.17, 15) is 9.90 Å². The van der Waals surface area contributed by atoms with Crippen LogP contribution in [0.5, 0.6) is 0 Å². The van der Waals surface area contributed by atoms with E-state index in [2.05, 4.69) is 6.58 Å². The summed E-state index contributed by atoms with van der Waals surface area (Å²) in [4.78, 5) is 10.1. The van der Waals surface area contributed by atoms with Gasteiger partial charge in [0.05, 0.1) is 6.10 Å². The van der Waals surface area contributed by atoms with Crippen LogP contribution in [-0.4, -0.2) is 22.3 Å². The number of hydrogen-bond acceptors (Lipinski definition) is 2.